The SMILES string of the molecule is Cc1nc(NCC(O)C(C)C)cc2n[nH]c(=O)n12. The molecule has 2 heterocycles. The maximum atomic E-state index is 11.4. The van der Waals surface area contributed by atoms with E-state index in [0.717, 1.165) is 0 Å². The van der Waals surface area contributed by atoms with Crippen LogP contribution in [0, 0.1) is 12.8 Å². The summed E-state index contributed by atoms with van der Waals surface area (Å²) in [6.45, 7) is 6.03. The number of aromatic nitrogens is 4. The number of hydrogen-bond acceptors (Lipinski definition) is 5. The zero-order chi connectivity index (χ0) is 13.3. The molecule has 0 saturated heterocycles. The number of hydrogen-bond donors (Lipinski definition) is 3. The molecule has 0 bridgehead atoms. The van der Waals surface area contributed by atoms with Crippen LogP contribution in [-0.4, -0.2) is 37.3 Å². The Labute approximate surface area is 104 Å². The summed E-state index contributed by atoms with van der Waals surface area (Å²) in [5, 5.41) is 19.0. The normalized spacial score (nSPS) is 13.2. The van der Waals surface area contributed by atoms with E-state index >= 15 is 0 Å². The van der Waals surface area contributed by atoms with Crippen LogP contribution in [0.1, 0.15) is 19.7 Å². The Hall–Kier alpha value is -1.89. The molecular weight excluding hydrogens is 234 g/mol. The highest BCUT2D eigenvalue weighted by Gasteiger charge is 2.10. The lowest BCUT2D eigenvalue weighted by atomic mass is 10.1. The summed E-state index contributed by atoms with van der Waals surface area (Å²) in [7, 11) is 0. The highest BCUT2D eigenvalue weighted by atomic mass is 16.3. The summed E-state index contributed by atoms with van der Waals surface area (Å²) < 4.78 is 1.39. The van der Waals surface area contributed by atoms with E-state index in [1.54, 1.807) is 13.0 Å². The Balaban J connectivity index is 2.22. The van der Waals surface area contributed by atoms with Gasteiger partial charge in [-0.25, -0.2) is 19.3 Å². The molecule has 2 aromatic heterocycles. The first-order chi connectivity index (χ1) is 8.49. The van der Waals surface area contributed by atoms with Crippen molar-refractivity contribution < 1.29 is 5.11 Å². The minimum atomic E-state index is -0.440. The number of H-pyrrole nitrogens is 1. The Morgan fingerprint density at radius 1 is 1.56 bits per heavy atom. The predicted molar refractivity (Wildman–Crippen MR) is 67.7 cm³/mol. The van der Waals surface area contributed by atoms with Gasteiger partial charge in [0.15, 0.2) is 5.65 Å². The molecule has 18 heavy (non-hydrogen) atoms. The van der Waals surface area contributed by atoms with Gasteiger partial charge in [-0.1, -0.05) is 13.8 Å². The first-order valence-electron chi connectivity index (χ1n) is 5.85. The van der Waals surface area contributed by atoms with Gasteiger partial charge in [0.25, 0.3) is 0 Å². The summed E-state index contributed by atoms with van der Waals surface area (Å²) in [5.41, 5.74) is 0.206. The topological polar surface area (TPSA) is 95.3 Å². The third kappa shape index (κ3) is 2.35. The van der Waals surface area contributed by atoms with Crippen molar-refractivity contribution in [2.24, 2.45) is 5.92 Å². The van der Waals surface area contributed by atoms with E-state index in [2.05, 4.69) is 20.5 Å². The Morgan fingerprint density at radius 3 is 2.94 bits per heavy atom. The number of rotatable bonds is 4. The maximum absolute atomic E-state index is 11.4. The number of fused-ring (bicyclic) bond motifs is 1. The highest BCUT2D eigenvalue weighted by molar-refractivity contribution is 5.49. The van der Waals surface area contributed by atoms with Gasteiger partial charge >= 0.3 is 5.69 Å². The molecule has 0 aliphatic rings. The Kier molecular flexibility index (Phi) is 3.33. The zero-order valence-electron chi connectivity index (χ0n) is 10.6. The molecule has 0 saturated carbocycles. The Morgan fingerprint density at radius 2 is 2.28 bits per heavy atom. The molecule has 3 N–H and O–H groups in total. The van der Waals surface area contributed by atoms with E-state index in [-0.39, 0.29) is 11.6 Å². The molecule has 0 fully saturated rings. The number of nitrogens with one attached hydrogen (secondary N) is 2. The van der Waals surface area contributed by atoms with Crippen molar-refractivity contribution in [3.05, 3.63) is 22.4 Å². The number of aromatic amines is 1. The molecule has 98 valence electrons. The lowest BCUT2D eigenvalue weighted by Crippen LogP contribution is -2.25. The predicted octanol–water partition coefficient (Wildman–Crippen LogP) is 0.155. The van der Waals surface area contributed by atoms with Gasteiger partial charge in [-0.15, -0.1) is 0 Å². The first kappa shape index (κ1) is 12.6. The number of aryl methyl sites for hydroxylation is 1. The van der Waals surface area contributed by atoms with Crippen LogP contribution in [-0.2, 0) is 0 Å². The average Bonchev–Trinajstić information content (AvgIpc) is 2.68. The van der Waals surface area contributed by atoms with Crippen LogP contribution in [0.5, 0.6) is 0 Å². The van der Waals surface area contributed by atoms with Crippen LogP contribution in [0.4, 0.5) is 5.82 Å². The van der Waals surface area contributed by atoms with E-state index < -0.39 is 6.10 Å². The molecule has 2 aromatic rings. The van der Waals surface area contributed by atoms with Crippen molar-refractivity contribution in [3.63, 3.8) is 0 Å². The van der Waals surface area contributed by atoms with E-state index in [0.29, 0.717) is 23.8 Å². The van der Waals surface area contributed by atoms with Crippen LogP contribution in [0.25, 0.3) is 5.65 Å². The van der Waals surface area contributed by atoms with Crippen LogP contribution < -0.4 is 11.0 Å². The van der Waals surface area contributed by atoms with E-state index in [1.807, 2.05) is 13.8 Å². The smallest absolute Gasteiger partial charge is 0.349 e. The number of aliphatic hydroxyl groups excluding tert-OH is 1. The van der Waals surface area contributed by atoms with Crippen LogP contribution in [0.2, 0.25) is 0 Å². The maximum Gasteiger partial charge on any atom is 0.349 e. The van der Waals surface area contributed by atoms with E-state index in [4.69, 9.17) is 0 Å². The molecule has 0 aliphatic heterocycles. The van der Waals surface area contributed by atoms with Gasteiger partial charge in [0.2, 0.25) is 0 Å². The van der Waals surface area contributed by atoms with Crippen molar-refractivity contribution in [2.75, 3.05) is 11.9 Å². The molecule has 1 atom stereocenters. The zero-order valence-corrected chi connectivity index (χ0v) is 10.6. The standard InChI is InChI=1S/C11H17N5O2/c1-6(2)8(17)5-12-9-4-10-14-15-11(18)16(10)7(3)13-9/h4,6,8,12,17H,5H2,1-3H3,(H,15,18). The summed E-state index contributed by atoms with van der Waals surface area (Å²) in [6, 6.07) is 1.66. The second-order valence-corrected chi connectivity index (χ2v) is 4.60. The van der Waals surface area contributed by atoms with Gasteiger partial charge in [0, 0.05) is 12.6 Å². The minimum Gasteiger partial charge on any atom is -0.391 e. The second kappa shape index (κ2) is 4.77. The van der Waals surface area contributed by atoms with E-state index in [1.165, 1.54) is 4.40 Å². The van der Waals surface area contributed by atoms with Gasteiger partial charge in [0.1, 0.15) is 11.6 Å². The van der Waals surface area contributed by atoms with Crippen molar-refractivity contribution in [1.82, 2.24) is 19.6 Å². The number of aliphatic hydroxyl groups is 1. The molecule has 0 spiro atoms. The van der Waals surface area contributed by atoms with Gasteiger partial charge in [-0.2, -0.15) is 5.10 Å². The van der Waals surface area contributed by atoms with Gasteiger partial charge in [-0.3, -0.25) is 0 Å². The second-order valence-electron chi connectivity index (χ2n) is 4.60. The molecule has 0 radical (unpaired) electrons. The average molecular weight is 251 g/mol. The largest absolute Gasteiger partial charge is 0.391 e. The van der Waals surface area contributed by atoms with Crippen LogP contribution in [0.15, 0.2) is 10.9 Å². The van der Waals surface area contributed by atoms with Crippen LogP contribution >= 0.6 is 0 Å². The highest BCUT2D eigenvalue weighted by Crippen LogP contribution is 2.09. The molecule has 7 nitrogen and oxygen atoms in total. The van der Waals surface area contributed by atoms with Crippen LogP contribution in [0.3, 0.4) is 0 Å². The third-order valence-corrected chi connectivity index (χ3v) is 2.83. The summed E-state index contributed by atoms with van der Waals surface area (Å²) >= 11 is 0. The lowest BCUT2D eigenvalue weighted by Gasteiger charge is -2.15. The quantitative estimate of drug-likeness (QED) is 0.719. The van der Waals surface area contributed by atoms with Crippen molar-refractivity contribution >= 4 is 11.5 Å². The monoisotopic (exact) mass is 251 g/mol. The lowest BCUT2D eigenvalue weighted by molar-refractivity contribution is 0.138. The summed E-state index contributed by atoms with van der Waals surface area (Å²) in [4.78, 5) is 15.7. The summed E-state index contributed by atoms with van der Waals surface area (Å²) in [5.74, 6) is 1.32. The first-order valence-corrected chi connectivity index (χ1v) is 5.85. The molecule has 0 aliphatic carbocycles. The number of anilines is 1. The third-order valence-electron chi connectivity index (χ3n) is 2.83. The van der Waals surface area contributed by atoms with Gasteiger partial charge in [-0.05, 0) is 12.8 Å². The van der Waals surface area contributed by atoms with Crippen molar-refractivity contribution in [1.29, 1.82) is 0 Å². The molecule has 1 unspecified atom stereocenters. The summed E-state index contributed by atoms with van der Waals surface area (Å²) in [6.07, 6.45) is -0.440. The van der Waals surface area contributed by atoms with E-state index in [9.17, 15) is 9.90 Å². The Bertz CT molecular complexity index is 601. The van der Waals surface area contributed by atoms with Gasteiger partial charge < -0.3 is 10.4 Å². The molecule has 2 rings (SSSR count). The van der Waals surface area contributed by atoms with Crippen molar-refractivity contribution in [2.45, 2.75) is 26.9 Å². The molecule has 0 aromatic carbocycles. The molecule has 0 amide bonds. The fourth-order valence-electron chi connectivity index (χ4n) is 1.63. The molecule has 7 heteroatoms. The fraction of sp³-hybridized carbons (Fsp3) is 0.545. The van der Waals surface area contributed by atoms with Gasteiger partial charge in [0.05, 0.1) is 6.10 Å². The van der Waals surface area contributed by atoms with Crippen molar-refractivity contribution in [3.8, 4) is 0 Å². The minimum absolute atomic E-state index is 0.176. The molecular formula is C11H17N5O2. The fourth-order valence-corrected chi connectivity index (χ4v) is 1.63. The number of nitrogens with zero attached hydrogens (tertiary/aromatic N) is 3.